The number of amides is 3. The fourth-order valence-electron chi connectivity index (χ4n) is 3.76. The second-order valence-electron chi connectivity index (χ2n) is 7.21. The van der Waals surface area contributed by atoms with Gasteiger partial charge in [0.2, 0.25) is 5.91 Å². The van der Waals surface area contributed by atoms with E-state index < -0.39 is 11.1 Å². The molecule has 0 saturated carbocycles. The highest BCUT2D eigenvalue weighted by atomic mass is 35.5. The summed E-state index contributed by atoms with van der Waals surface area (Å²) in [5, 5.41) is 0.112. The van der Waals surface area contributed by atoms with Crippen LogP contribution in [0, 0.1) is 0 Å². The third-order valence-corrected chi connectivity index (χ3v) is 6.35. The molecule has 0 N–H and O–H groups in total. The number of pyridine rings is 1. The summed E-state index contributed by atoms with van der Waals surface area (Å²) in [6, 6.07) is 10.8. The van der Waals surface area contributed by atoms with E-state index in [-0.39, 0.29) is 23.4 Å². The number of hydrogen-bond donors (Lipinski definition) is 0. The van der Waals surface area contributed by atoms with E-state index in [2.05, 4.69) is 4.98 Å². The molecule has 3 amide bonds. The Bertz CT molecular complexity index is 1010. The molecule has 1 aromatic heterocycles. The fourth-order valence-corrected chi connectivity index (χ4v) is 4.80. The molecule has 30 heavy (non-hydrogen) atoms. The first-order valence-corrected chi connectivity index (χ1v) is 10.9. The number of aromatic nitrogens is 1. The Balaban J connectivity index is 1.49. The van der Waals surface area contributed by atoms with Crippen LogP contribution in [0.3, 0.4) is 0 Å². The predicted octanol–water partition coefficient (Wildman–Crippen LogP) is 4.53. The highest BCUT2D eigenvalue weighted by Gasteiger charge is 2.38. The molecule has 0 bridgehead atoms. The first-order chi connectivity index (χ1) is 14.5. The van der Waals surface area contributed by atoms with Crippen LogP contribution in [0.25, 0.3) is 6.08 Å². The minimum atomic E-state index is -0.451. The van der Waals surface area contributed by atoms with Crippen molar-refractivity contribution >= 4 is 46.5 Å². The van der Waals surface area contributed by atoms with Crippen molar-refractivity contribution < 1.29 is 14.4 Å². The third-order valence-electron chi connectivity index (χ3n) is 5.21. The van der Waals surface area contributed by atoms with E-state index >= 15 is 0 Å². The van der Waals surface area contributed by atoms with Gasteiger partial charge in [0.15, 0.2) is 0 Å². The second kappa shape index (κ2) is 9.02. The van der Waals surface area contributed by atoms with Crippen LogP contribution < -0.4 is 0 Å². The first kappa shape index (κ1) is 20.6. The molecular weight excluding hydrogens is 422 g/mol. The van der Waals surface area contributed by atoms with Crippen molar-refractivity contribution in [2.45, 2.75) is 25.3 Å². The number of carbonyl (C=O) groups excluding carboxylic acids is 3. The van der Waals surface area contributed by atoms with Gasteiger partial charge in [-0.25, -0.2) is 0 Å². The molecular formula is C22H20ClN3O3S. The van der Waals surface area contributed by atoms with E-state index in [1.807, 2.05) is 12.1 Å². The van der Waals surface area contributed by atoms with Gasteiger partial charge in [0.05, 0.1) is 10.9 Å². The van der Waals surface area contributed by atoms with Crippen molar-refractivity contribution in [3.63, 3.8) is 0 Å². The van der Waals surface area contributed by atoms with Gasteiger partial charge < -0.3 is 4.90 Å². The lowest BCUT2D eigenvalue weighted by molar-refractivity contribution is -0.138. The maximum atomic E-state index is 13.1. The van der Waals surface area contributed by atoms with Gasteiger partial charge in [-0.1, -0.05) is 29.8 Å². The highest BCUT2D eigenvalue weighted by molar-refractivity contribution is 8.18. The van der Waals surface area contributed by atoms with Gasteiger partial charge in [0.1, 0.15) is 6.54 Å². The molecule has 0 spiro atoms. The van der Waals surface area contributed by atoms with Gasteiger partial charge in [0.25, 0.3) is 11.1 Å². The normalized spacial score (nSPS) is 20.8. The molecule has 1 atom stereocenters. The van der Waals surface area contributed by atoms with E-state index in [9.17, 15) is 14.4 Å². The Labute approximate surface area is 183 Å². The molecule has 2 saturated heterocycles. The Morgan fingerprint density at radius 3 is 2.87 bits per heavy atom. The zero-order valence-corrected chi connectivity index (χ0v) is 17.7. The van der Waals surface area contributed by atoms with Crippen molar-refractivity contribution in [1.29, 1.82) is 0 Å². The van der Waals surface area contributed by atoms with E-state index in [0.717, 1.165) is 47.1 Å². The average molecular weight is 442 g/mol. The van der Waals surface area contributed by atoms with Crippen molar-refractivity contribution in [3.05, 3.63) is 69.8 Å². The number of nitrogens with zero attached hydrogens (tertiary/aromatic N) is 3. The zero-order valence-electron chi connectivity index (χ0n) is 16.2. The molecule has 4 rings (SSSR count). The van der Waals surface area contributed by atoms with Gasteiger partial charge in [-0.05, 0) is 66.4 Å². The maximum absolute atomic E-state index is 13.1. The predicted molar refractivity (Wildman–Crippen MR) is 117 cm³/mol. The Kier molecular flexibility index (Phi) is 6.20. The summed E-state index contributed by atoms with van der Waals surface area (Å²) in [7, 11) is 0. The number of likely N-dealkylation sites (tertiary alicyclic amines) is 1. The maximum Gasteiger partial charge on any atom is 0.294 e. The smallest absolute Gasteiger partial charge is 0.294 e. The van der Waals surface area contributed by atoms with Crippen molar-refractivity contribution in [3.8, 4) is 0 Å². The molecule has 0 radical (unpaired) electrons. The number of halogens is 1. The lowest BCUT2D eigenvalue weighted by Crippen LogP contribution is -2.45. The van der Waals surface area contributed by atoms with Gasteiger partial charge in [-0.2, -0.15) is 0 Å². The van der Waals surface area contributed by atoms with Gasteiger partial charge in [-0.3, -0.25) is 24.3 Å². The quantitative estimate of drug-likeness (QED) is 0.652. The molecule has 2 fully saturated rings. The fraction of sp³-hybridized carbons (Fsp3) is 0.273. The van der Waals surface area contributed by atoms with Crippen molar-refractivity contribution in [2.24, 2.45) is 0 Å². The van der Waals surface area contributed by atoms with Crippen LogP contribution in [0.2, 0.25) is 5.02 Å². The number of imide groups is 1. The van der Waals surface area contributed by atoms with E-state index in [0.29, 0.717) is 11.6 Å². The second-order valence-corrected chi connectivity index (χ2v) is 8.64. The van der Waals surface area contributed by atoms with E-state index in [4.69, 9.17) is 11.6 Å². The number of rotatable bonds is 4. The molecule has 3 heterocycles. The van der Waals surface area contributed by atoms with Crippen LogP contribution in [0.5, 0.6) is 0 Å². The number of piperidine rings is 1. The number of carbonyl (C=O) groups is 3. The lowest BCUT2D eigenvalue weighted by atomic mass is 9.96. The van der Waals surface area contributed by atoms with Crippen LogP contribution >= 0.6 is 23.4 Å². The SMILES string of the molecule is O=C1S/C(=C\c2cccc(Cl)c2)C(=O)N1CC(=O)N1CCCC[C@H]1c1cccnc1. The molecule has 0 aliphatic carbocycles. The van der Waals surface area contributed by atoms with Gasteiger partial charge in [-0.15, -0.1) is 0 Å². The van der Waals surface area contributed by atoms with Crippen LogP contribution in [0.1, 0.15) is 36.4 Å². The largest absolute Gasteiger partial charge is 0.334 e. The molecule has 2 aromatic rings. The molecule has 2 aliphatic rings. The number of benzene rings is 1. The summed E-state index contributed by atoms with van der Waals surface area (Å²) >= 11 is 6.83. The standard InChI is InChI=1S/C22H20ClN3O3S/c23-17-7-3-5-15(11-17)12-19-21(28)26(22(29)30-19)14-20(27)25-10-2-1-8-18(25)16-6-4-9-24-13-16/h3-7,9,11-13,18H,1-2,8,10,14H2/b19-12-/t18-/m0/s1. The zero-order chi connectivity index (χ0) is 21.1. The summed E-state index contributed by atoms with van der Waals surface area (Å²) in [5.74, 6) is -0.678. The lowest BCUT2D eigenvalue weighted by Gasteiger charge is -2.36. The molecule has 0 unspecified atom stereocenters. The van der Waals surface area contributed by atoms with Crippen molar-refractivity contribution in [2.75, 3.05) is 13.1 Å². The molecule has 8 heteroatoms. The van der Waals surface area contributed by atoms with Gasteiger partial charge >= 0.3 is 0 Å². The Morgan fingerprint density at radius 2 is 2.10 bits per heavy atom. The van der Waals surface area contributed by atoms with Crippen LogP contribution in [0.4, 0.5) is 4.79 Å². The Hall–Kier alpha value is -2.64. The first-order valence-electron chi connectivity index (χ1n) is 9.73. The monoisotopic (exact) mass is 441 g/mol. The minimum absolute atomic E-state index is 0.0816. The highest BCUT2D eigenvalue weighted by Crippen LogP contribution is 2.34. The Morgan fingerprint density at radius 1 is 1.23 bits per heavy atom. The summed E-state index contributed by atoms with van der Waals surface area (Å²) in [6.45, 7) is 0.348. The topological polar surface area (TPSA) is 70.6 Å². The van der Waals surface area contributed by atoms with E-state index in [1.165, 1.54) is 0 Å². The van der Waals surface area contributed by atoms with Crippen molar-refractivity contribution in [1.82, 2.24) is 14.8 Å². The van der Waals surface area contributed by atoms with Crippen LogP contribution in [0.15, 0.2) is 53.7 Å². The van der Waals surface area contributed by atoms with Gasteiger partial charge in [0, 0.05) is 24.0 Å². The molecule has 2 aliphatic heterocycles. The molecule has 154 valence electrons. The third kappa shape index (κ3) is 4.42. The number of hydrogen-bond acceptors (Lipinski definition) is 5. The summed E-state index contributed by atoms with van der Waals surface area (Å²) < 4.78 is 0. The summed E-state index contributed by atoms with van der Waals surface area (Å²) in [5.41, 5.74) is 1.70. The average Bonchev–Trinajstić information content (AvgIpc) is 3.01. The summed E-state index contributed by atoms with van der Waals surface area (Å²) in [4.78, 5) is 45.5. The van der Waals surface area contributed by atoms with Crippen LogP contribution in [-0.2, 0) is 9.59 Å². The minimum Gasteiger partial charge on any atom is -0.334 e. The number of thioether (sulfide) groups is 1. The molecule has 6 nitrogen and oxygen atoms in total. The summed E-state index contributed by atoms with van der Waals surface area (Å²) in [6.07, 6.45) is 7.86. The van der Waals surface area contributed by atoms with Crippen LogP contribution in [-0.4, -0.2) is 44.9 Å². The molecule has 1 aromatic carbocycles. The van der Waals surface area contributed by atoms with E-state index in [1.54, 1.807) is 47.6 Å².